The van der Waals surface area contributed by atoms with Gasteiger partial charge in [-0.05, 0) is 73.6 Å². The average Bonchev–Trinajstić information content (AvgIpc) is 2.74. The van der Waals surface area contributed by atoms with E-state index in [0.29, 0.717) is 11.5 Å². The SMILES string of the molecule is CCCCC1CCC(C#Cc2ccc(-c3cc(F)c(N=C=S)c(F)c3)c(F)c2)CC1. The summed E-state index contributed by atoms with van der Waals surface area (Å²) in [7, 11) is 0. The highest BCUT2D eigenvalue weighted by Gasteiger charge is 2.19. The Balaban J connectivity index is 1.71. The van der Waals surface area contributed by atoms with Crippen LogP contribution < -0.4 is 0 Å². The Morgan fingerprint density at radius 1 is 1.00 bits per heavy atom. The Morgan fingerprint density at radius 3 is 2.30 bits per heavy atom. The van der Waals surface area contributed by atoms with Crippen LogP contribution in [0, 0.1) is 41.1 Å². The Labute approximate surface area is 181 Å². The minimum atomic E-state index is -0.917. The van der Waals surface area contributed by atoms with Crippen molar-refractivity contribution in [2.75, 3.05) is 0 Å². The molecule has 1 saturated carbocycles. The smallest absolute Gasteiger partial charge is 0.153 e. The van der Waals surface area contributed by atoms with Crippen molar-refractivity contribution in [3.8, 4) is 23.0 Å². The molecule has 1 nitrogen and oxygen atoms in total. The fourth-order valence-electron chi connectivity index (χ4n) is 3.97. The molecule has 2 aromatic carbocycles. The summed E-state index contributed by atoms with van der Waals surface area (Å²) in [5.41, 5.74) is 0.233. The van der Waals surface area contributed by atoms with Gasteiger partial charge in [0.1, 0.15) is 11.5 Å². The maximum atomic E-state index is 14.6. The van der Waals surface area contributed by atoms with Crippen LogP contribution in [-0.2, 0) is 0 Å². The van der Waals surface area contributed by atoms with Crippen LogP contribution in [0.15, 0.2) is 35.3 Å². The zero-order valence-corrected chi connectivity index (χ0v) is 17.8. The topological polar surface area (TPSA) is 12.4 Å². The zero-order valence-electron chi connectivity index (χ0n) is 17.0. The predicted molar refractivity (Wildman–Crippen MR) is 118 cm³/mol. The van der Waals surface area contributed by atoms with Gasteiger partial charge in [0.15, 0.2) is 11.6 Å². The molecule has 5 heteroatoms. The molecule has 1 aliphatic carbocycles. The van der Waals surface area contributed by atoms with Crippen LogP contribution in [0.2, 0.25) is 0 Å². The van der Waals surface area contributed by atoms with Crippen LogP contribution in [0.1, 0.15) is 57.4 Å². The summed E-state index contributed by atoms with van der Waals surface area (Å²) in [4.78, 5) is 3.37. The molecular formula is C25H24F3NS. The van der Waals surface area contributed by atoms with Crippen molar-refractivity contribution < 1.29 is 13.2 Å². The van der Waals surface area contributed by atoms with E-state index in [1.165, 1.54) is 44.2 Å². The molecule has 0 amide bonds. The van der Waals surface area contributed by atoms with Gasteiger partial charge in [0.05, 0.1) is 5.16 Å². The molecule has 0 spiro atoms. The van der Waals surface area contributed by atoms with Crippen LogP contribution >= 0.6 is 12.2 Å². The highest BCUT2D eigenvalue weighted by molar-refractivity contribution is 7.78. The first-order valence-corrected chi connectivity index (χ1v) is 10.8. The van der Waals surface area contributed by atoms with Gasteiger partial charge in [0, 0.05) is 17.0 Å². The van der Waals surface area contributed by atoms with Crippen molar-refractivity contribution in [2.45, 2.75) is 51.9 Å². The Morgan fingerprint density at radius 2 is 1.70 bits per heavy atom. The summed E-state index contributed by atoms with van der Waals surface area (Å²) in [6.45, 7) is 2.22. The van der Waals surface area contributed by atoms with E-state index >= 15 is 0 Å². The maximum absolute atomic E-state index is 14.6. The molecular weight excluding hydrogens is 403 g/mol. The predicted octanol–water partition coefficient (Wildman–Crippen LogP) is 7.85. The Kier molecular flexibility index (Phi) is 7.85. The van der Waals surface area contributed by atoms with Crippen molar-refractivity contribution in [3.63, 3.8) is 0 Å². The molecule has 0 unspecified atom stereocenters. The molecule has 0 radical (unpaired) electrons. The lowest BCUT2D eigenvalue weighted by Crippen LogP contribution is -2.13. The van der Waals surface area contributed by atoms with Crippen molar-refractivity contribution in [1.29, 1.82) is 0 Å². The van der Waals surface area contributed by atoms with Crippen molar-refractivity contribution in [3.05, 3.63) is 53.3 Å². The van der Waals surface area contributed by atoms with Crippen LogP contribution in [0.25, 0.3) is 11.1 Å². The van der Waals surface area contributed by atoms with Gasteiger partial charge in [-0.2, -0.15) is 4.99 Å². The Bertz CT molecular complexity index is 984. The number of hydrogen-bond donors (Lipinski definition) is 0. The van der Waals surface area contributed by atoms with E-state index in [-0.39, 0.29) is 11.1 Å². The molecule has 30 heavy (non-hydrogen) atoms. The summed E-state index contributed by atoms with van der Waals surface area (Å²) >= 11 is 4.39. The molecule has 0 N–H and O–H groups in total. The van der Waals surface area contributed by atoms with E-state index in [1.807, 2.05) is 5.16 Å². The monoisotopic (exact) mass is 427 g/mol. The second-order valence-electron chi connectivity index (χ2n) is 7.82. The summed E-state index contributed by atoms with van der Waals surface area (Å²) in [6.07, 6.45) is 8.46. The second-order valence-corrected chi connectivity index (χ2v) is 8.00. The highest BCUT2D eigenvalue weighted by Crippen LogP contribution is 2.32. The number of benzene rings is 2. The zero-order chi connectivity index (χ0) is 21.5. The van der Waals surface area contributed by atoms with Gasteiger partial charge >= 0.3 is 0 Å². The van der Waals surface area contributed by atoms with Crippen LogP contribution in [0.4, 0.5) is 18.9 Å². The van der Waals surface area contributed by atoms with E-state index in [9.17, 15) is 13.2 Å². The molecule has 1 aliphatic rings. The van der Waals surface area contributed by atoms with E-state index < -0.39 is 23.1 Å². The van der Waals surface area contributed by atoms with Gasteiger partial charge < -0.3 is 0 Å². The number of unbranched alkanes of at least 4 members (excludes halogenated alkanes) is 1. The number of nitrogens with zero attached hydrogens (tertiary/aromatic N) is 1. The molecule has 156 valence electrons. The van der Waals surface area contributed by atoms with Gasteiger partial charge in [0.25, 0.3) is 0 Å². The van der Waals surface area contributed by atoms with Crippen LogP contribution in [-0.4, -0.2) is 5.16 Å². The van der Waals surface area contributed by atoms with Gasteiger partial charge in [-0.3, -0.25) is 0 Å². The number of thiocarbonyl (C=S) groups is 1. The highest BCUT2D eigenvalue weighted by atomic mass is 32.1. The van der Waals surface area contributed by atoms with E-state index in [0.717, 1.165) is 30.9 Å². The van der Waals surface area contributed by atoms with E-state index in [4.69, 9.17) is 0 Å². The fraction of sp³-hybridized carbons (Fsp3) is 0.400. The quantitative estimate of drug-likeness (QED) is 0.269. The van der Waals surface area contributed by atoms with Gasteiger partial charge in [-0.1, -0.05) is 44.1 Å². The molecule has 0 bridgehead atoms. The second kappa shape index (κ2) is 10.6. The Hall–Kier alpha value is -2.41. The lowest BCUT2D eigenvalue weighted by Gasteiger charge is -2.25. The van der Waals surface area contributed by atoms with Crippen molar-refractivity contribution >= 4 is 23.1 Å². The van der Waals surface area contributed by atoms with E-state index in [1.54, 1.807) is 6.07 Å². The molecule has 3 rings (SSSR count). The molecule has 0 aromatic heterocycles. The maximum Gasteiger partial charge on any atom is 0.153 e. The molecule has 1 fully saturated rings. The fourth-order valence-corrected chi connectivity index (χ4v) is 4.07. The molecule has 2 aromatic rings. The van der Waals surface area contributed by atoms with Crippen molar-refractivity contribution in [2.24, 2.45) is 16.8 Å². The third-order valence-electron chi connectivity index (χ3n) is 5.69. The standard InChI is InChI=1S/C25H24F3NS/c1-2-3-4-17-5-7-18(8-6-17)9-10-19-11-12-21(22(26)13-19)20-14-23(27)25(29-16-30)24(28)15-20/h11-15,17-18H,2-8H2,1H3. The third kappa shape index (κ3) is 5.59. The number of hydrogen-bond acceptors (Lipinski definition) is 2. The number of halogens is 3. The summed E-state index contributed by atoms with van der Waals surface area (Å²) in [5, 5.41) is 1.93. The minimum Gasteiger partial charge on any atom is -0.206 e. The summed E-state index contributed by atoms with van der Waals surface area (Å²) in [6, 6.07) is 6.56. The normalized spacial score (nSPS) is 18.3. The van der Waals surface area contributed by atoms with Crippen LogP contribution in [0.3, 0.4) is 0 Å². The third-order valence-corrected chi connectivity index (χ3v) is 5.78. The number of aliphatic imine (C=N–C) groups is 1. The molecule has 0 atom stereocenters. The number of isothiocyanates is 1. The molecule has 0 aliphatic heterocycles. The number of rotatable bonds is 5. The lowest BCUT2D eigenvalue weighted by atomic mass is 9.80. The first-order valence-electron chi connectivity index (χ1n) is 10.4. The average molecular weight is 428 g/mol. The first kappa shape index (κ1) is 22.3. The largest absolute Gasteiger partial charge is 0.206 e. The molecule has 0 saturated heterocycles. The molecule has 0 heterocycles. The summed E-state index contributed by atoms with van der Waals surface area (Å²) in [5.74, 6) is 5.11. The van der Waals surface area contributed by atoms with E-state index in [2.05, 4.69) is 36.0 Å². The van der Waals surface area contributed by atoms with Gasteiger partial charge in [-0.15, -0.1) is 0 Å². The minimum absolute atomic E-state index is 0.0933. The lowest BCUT2D eigenvalue weighted by molar-refractivity contribution is 0.296. The van der Waals surface area contributed by atoms with Crippen LogP contribution in [0.5, 0.6) is 0 Å². The van der Waals surface area contributed by atoms with Gasteiger partial charge in [0.2, 0.25) is 0 Å². The van der Waals surface area contributed by atoms with Crippen molar-refractivity contribution in [1.82, 2.24) is 0 Å². The first-order chi connectivity index (χ1) is 14.5. The summed E-state index contributed by atoms with van der Waals surface area (Å²) < 4.78 is 42.7. The van der Waals surface area contributed by atoms with Gasteiger partial charge in [-0.25, -0.2) is 13.2 Å².